The van der Waals surface area contributed by atoms with Crippen molar-refractivity contribution in [1.29, 1.82) is 0 Å². The van der Waals surface area contributed by atoms with Crippen LogP contribution in [0.3, 0.4) is 0 Å². The van der Waals surface area contributed by atoms with Gasteiger partial charge in [-0.2, -0.15) is 0 Å². The maximum Gasteiger partial charge on any atom is 0.152 e. The van der Waals surface area contributed by atoms with E-state index in [0.717, 1.165) is 41.5 Å². The molecule has 1 saturated carbocycles. The number of benzene rings is 1. The molecule has 2 saturated heterocycles. The highest BCUT2D eigenvalue weighted by molar-refractivity contribution is 6.00. The van der Waals surface area contributed by atoms with Crippen LogP contribution in [0.4, 0.5) is 0 Å². The lowest BCUT2D eigenvalue weighted by Crippen LogP contribution is -2.59. The van der Waals surface area contributed by atoms with Crippen LogP contribution in [-0.2, 0) is 6.67 Å². The van der Waals surface area contributed by atoms with Crippen LogP contribution in [0, 0.1) is 11.8 Å². The van der Waals surface area contributed by atoms with E-state index in [2.05, 4.69) is 22.5 Å². The van der Waals surface area contributed by atoms with Crippen molar-refractivity contribution < 1.29 is 9.53 Å². The highest BCUT2D eigenvalue weighted by atomic mass is 16.5. The maximum absolute atomic E-state index is 12.0. The van der Waals surface area contributed by atoms with Gasteiger partial charge in [-0.3, -0.25) is 9.69 Å². The Hall–Kier alpha value is -1.81. The summed E-state index contributed by atoms with van der Waals surface area (Å²) < 4.78 is 7.79. The first-order chi connectivity index (χ1) is 11.7. The molecule has 0 spiro atoms. The normalized spacial score (nSPS) is 33.5. The first-order valence-electron chi connectivity index (χ1n) is 9.14. The van der Waals surface area contributed by atoms with Crippen molar-refractivity contribution in [1.82, 2.24) is 9.47 Å². The predicted octanol–water partition coefficient (Wildman–Crippen LogP) is 3.64. The number of hydrogen-bond donors (Lipinski definition) is 0. The van der Waals surface area contributed by atoms with Gasteiger partial charge in [0.1, 0.15) is 5.75 Å². The summed E-state index contributed by atoms with van der Waals surface area (Å²) in [4.78, 5) is 14.7. The molecule has 4 heteroatoms. The second kappa shape index (κ2) is 5.09. The number of ether oxygens (including phenoxy) is 1. The Morgan fingerprint density at radius 2 is 2.21 bits per heavy atom. The minimum absolute atomic E-state index is 0.509. The van der Waals surface area contributed by atoms with Gasteiger partial charge in [-0.05, 0) is 42.9 Å². The van der Waals surface area contributed by atoms with Crippen molar-refractivity contribution in [2.45, 2.75) is 44.8 Å². The Morgan fingerprint density at radius 3 is 2.96 bits per heavy atom. The van der Waals surface area contributed by atoms with Crippen LogP contribution in [0.2, 0.25) is 0 Å². The molecule has 2 aromatic rings. The summed E-state index contributed by atoms with van der Waals surface area (Å²) in [5.41, 5.74) is 3.36. The fraction of sp³-hybridized carbons (Fsp3) is 0.550. The second-order valence-corrected chi connectivity index (χ2v) is 7.74. The van der Waals surface area contributed by atoms with Crippen molar-refractivity contribution >= 4 is 17.2 Å². The summed E-state index contributed by atoms with van der Waals surface area (Å²) in [5, 5.41) is 1.05. The van der Waals surface area contributed by atoms with E-state index < -0.39 is 0 Å². The molecule has 0 amide bonds. The molecule has 5 atom stereocenters. The molecule has 1 aromatic carbocycles. The number of carbonyl (C=O) groups is 1. The number of fused-ring (bicyclic) bond motifs is 4. The molecule has 1 aliphatic carbocycles. The Bertz CT molecular complexity index is 825. The van der Waals surface area contributed by atoms with Gasteiger partial charge in [0.15, 0.2) is 6.29 Å². The Labute approximate surface area is 142 Å². The Morgan fingerprint density at radius 1 is 1.33 bits per heavy atom. The number of rotatable bonds is 3. The zero-order valence-electron chi connectivity index (χ0n) is 14.4. The van der Waals surface area contributed by atoms with E-state index in [1.807, 2.05) is 12.1 Å². The summed E-state index contributed by atoms with van der Waals surface area (Å²) in [7, 11) is 1.68. The zero-order chi connectivity index (χ0) is 16.4. The lowest BCUT2D eigenvalue weighted by atomic mass is 9.64. The monoisotopic (exact) mass is 324 g/mol. The van der Waals surface area contributed by atoms with Gasteiger partial charge in [-0.1, -0.05) is 13.3 Å². The summed E-state index contributed by atoms with van der Waals surface area (Å²) in [5.74, 6) is 2.91. The SMILES string of the molecule is CCC1CC2CC3c4c(C=O)c5cc(OC)ccc5n4CN(C2)C13. The van der Waals surface area contributed by atoms with E-state index in [4.69, 9.17) is 4.74 Å². The lowest BCUT2D eigenvalue weighted by Gasteiger charge is -2.57. The third-order valence-corrected chi connectivity index (χ3v) is 6.70. The molecule has 3 fully saturated rings. The molecule has 5 unspecified atom stereocenters. The van der Waals surface area contributed by atoms with Gasteiger partial charge < -0.3 is 9.30 Å². The second-order valence-electron chi connectivity index (χ2n) is 7.74. The van der Waals surface area contributed by atoms with Crippen LogP contribution >= 0.6 is 0 Å². The molecular weight excluding hydrogens is 300 g/mol. The first kappa shape index (κ1) is 14.5. The van der Waals surface area contributed by atoms with Crippen LogP contribution in [0.15, 0.2) is 18.2 Å². The molecule has 4 bridgehead atoms. The molecule has 0 radical (unpaired) electrons. The largest absolute Gasteiger partial charge is 0.497 e. The standard InChI is InChI=1S/C20H24N2O2/c1-3-13-6-12-7-16-19(13)21(9-12)11-22-18-5-4-14(24-2)8-15(18)17(10-23)20(16)22/h4-5,8,10,12-13,16,19H,3,6-7,9,11H2,1-2H3. The molecule has 24 heavy (non-hydrogen) atoms. The summed E-state index contributed by atoms with van der Waals surface area (Å²) in [6.07, 6.45) is 4.94. The minimum Gasteiger partial charge on any atom is -0.497 e. The molecule has 126 valence electrons. The molecular formula is C20H24N2O2. The van der Waals surface area contributed by atoms with Crippen molar-refractivity contribution in [3.05, 3.63) is 29.5 Å². The Kier molecular flexibility index (Phi) is 3.08. The number of nitrogens with zero attached hydrogens (tertiary/aromatic N) is 2. The van der Waals surface area contributed by atoms with E-state index in [1.165, 1.54) is 37.0 Å². The summed E-state index contributed by atoms with van der Waals surface area (Å²) in [6.45, 7) is 4.48. The van der Waals surface area contributed by atoms with Gasteiger partial charge in [0.2, 0.25) is 0 Å². The fourth-order valence-electron chi connectivity index (χ4n) is 5.84. The average molecular weight is 324 g/mol. The fourth-order valence-corrected chi connectivity index (χ4v) is 5.84. The first-order valence-corrected chi connectivity index (χ1v) is 9.14. The Balaban J connectivity index is 1.74. The summed E-state index contributed by atoms with van der Waals surface area (Å²) in [6, 6.07) is 6.77. The average Bonchev–Trinajstić information content (AvgIpc) is 2.94. The number of hydrogen-bond acceptors (Lipinski definition) is 3. The highest BCUT2D eigenvalue weighted by Gasteiger charge is 2.50. The number of carbonyl (C=O) groups excluding carboxylic acids is 1. The van der Waals surface area contributed by atoms with Crippen molar-refractivity contribution in [2.75, 3.05) is 13.7 Å². The van der Waals surface area contributed by atoms with Gasteiger partial charge in [0, 0.05) is 35.1 Å². The molecule has 0 N–H and O–H groups in total. The number of aromatic nitrogens is 1. The maximum atomic E-state index is 12.0. The quantitative estimate of drug-likeness (QED) is 0.809. The summed E-state index contributed by atoms with van der Waals surface area (Å²) >= 11 is 0. The van der Waals surface area contributed by atoms with Crippen LogP contribution in [0.1, 0.15) is 48.2 Å². The van der Waals surface area contributed by atoms with E-state index in [1.54, 1.807) is 7.11 Å². The topological polar surface area (TPSA) is 34.5 Å². The van der Waals surface area contributed by atoms with E-state index >= 15 is 0 Å². The van der Waals surface area contributed by atoms with Gasteiger partial charge in [-0.25, -0.2) is 0 Å². The van der Waals surface area contributed by atoms with Gasteiger partial charge in [0.25, 0.3) is 0 Å². The third kappa shape index (κ3) is 1.75. The van der Waals surface area contributed by atoms with E-state index in [0.29, 0.717) is 12.0 Å². The van der Waals surface area contributed by atoms with Crippen molar-refractivity contribution in [3.63, 3.8) is 0 Å². The van der Waals surface area contributed by atoms with Crippen LogP contribution < -0.4 is 4.74 Å². The molecule has 4 aliphatic rings. The van der Waals surface area contributed by atoms with Crippen LogP contribution in [0.5, 0.6) is 5.75 Å². The number of methoxy groups -OCH3 is 1. The minimum atomic E-state index is 0.509. The number of aldehydes is 1. The molecule has 1 aromatic heterocycles. The molecule has 6 rings (SSSR count). The van der Waals surface area contributed by atoms with Crippen molar-refractivity contribution in [2.24, 2.45) is 11.8 Å². The van der Waals surface area contributed by atoms with Gasteiger partial charge in [0.05, 0.1) is 19.3 Å². The van der Waals surface area contributed by atoms with Gasteiger partial charge in [-0.15, -0.1) is 0 Å². The van der Waals surface area contributed by atoms with Gasteiger partial charge >= 0.3 is 0 Å². The number of piperidine rings is 2. The highest BCUT2D eigenvalue weighted by Crippen LogP contribution is 2.52. The lowest BCUT2D eigenvalue weighted by molar-refractivity contribution is -0.0542. The molecule has 4 heterocycles. The predicted molar refractivity (Wildman–Crippen MR) is 93.6 cm³/mol. The van der Waals surface area contributed by atoms with Crippen LogP contribution in [-0.4, -0.2) is 35.4 Å². The van der Waals surface area contributed by atoms with Crippen LogP contribution in [0.25, 0.3) is 10.9 Å². The zero-order valence-corrected chi connectivity index (χ0v) is 14.4. The van der Waals surface area contributed by atoms with Crippen molar-refractivity contribution in [3.8, 4) is 5.75 Å². The van der Waals surface area contributed by atoms with E-state index in [-0.39, 0.29) is 0 Å². The van der Waals surface area contributed by atoms with E-state index in [9.17, 15) is 4.79 Å². The molecule has 3 aliphatic heterocycles. The smallest absolute Gasteiger partial charge is 0.152 e. The molecule has 4 nitrogen and oxygen atoms in total. The third-order valence-electron chi connectivity index (χ3n) is 6.70.